The molecule has 0 aliphatic rings. The van der Waals surface area contributed by atoms with Gasteiger partial charge in [-0.15, -0.1) is 0 Å². The molecule has 0 atom stereocenters. The molecule has 3 rings (SSSR count). The van der Waals surface area contributed by atoms with E-state index in [9.17, 15) is 8.42 Å². The molecule has 1 heterocycles. The lowest BCUT2D eigenvalue weighted by Gasteiger charge is -2.12. The van der Waals surface area contributed by atoms with Crippen molar-refractivity contribution >= 4 is 44.5 Å². The number of nitrogens with zero attached hydrogens (tertiary/aromatic N) is 2. The predicted molar refractivity (Wildman–Crippen MR) is 119 cm³/mol. The third-order valence-corrected chi connectivity index (χ3v) is 5.41. The van der Waals surface area contributed by atoms with E-state index >= 15 is 0 Å². The van der Waals surface area contributed by atoms with Gasteiger partial charge in [0.25, 0.3) is 10.0 Å². The summed E-state index contributed by atoms with van der Waals surface area (Å²) in [4.78, 5) is 7.78. The standard InChI is InChI=1S/C19H19N5O4S2/c1-27-15-5-3-4-14(10-15)23-19(29)22-13-6-8-16(9-7-13)30(25,26)24-17-11-18(28-2)21-12-20-17/h3-12H,1-2H3,(H,20,21,24)(H2,22,23,29). The van der Waals surface area contributed by atoms with Gasteiger partial charge in [0.1, 0.15) is 17.9 Å². The Morgan fingerprint density at radius 1 is 0.933 bits per heavy atom. The summed E-state index contributed by atoms with van der Waals surface area (Å²) in [6.45, 7) is 0. The van der Waals surface area contributed by atoms with Crippen LogP contribution in [-0.4, -0.2) is 37.7 Å². The molecule has 9 nitrogen and oxygen atoms in total. The van der Waals surface area contributed by atoms with Gasteiger partial charge >= 0.3 is 0 Å². The summed E-state index contributed by atoms with van der Waals surface area (Å²) in [5, 5.41) is 6.39. The Morgan fingerprint density at radius 2 is 1.67 bits per heavy atom. The summed E-state index contributed by atoms with van der Waals surface area (Å²) in [6.07, 6.45) is 1.21. The SMILES string of the molecule is COc1cccc(NC(=S)Nc2ccc(S(=O)(=O)Nc3cc(OC)ncn3)cc2)c1. The Hall–Kier alpha value is -3.44. The molecule has 0 amide bonds. The van der Waals surface area contributed by atoms with Gasteiger partial charge in [-0.05, 0) is 48.6 Å². The molecule has 3 aromatic rings. The monoisotopic (exact) mass is 445 g/mol. The fourth-order valence-electron chi connectivity index (χ4n) is 2.42. The fourth-order valence-corrected chi connectivity index (χ4v) is 3.65. The molecule has 0 bridgehead atoms. The lowest BCUT2D eigenvalue weighted by atomic mass is 10.3. The van der Waals surface area contributed by atoms with E-state index in [1.54, 1.807) is 25.3 Å². The summed E-state index contributed by atoms with van der Waals surface area (Å²) < 4.78 is 37.6. The number of ether oxygens (including phenoxy) is 2. The van der Waals surface area contributed by atoms with Crippen molar-refractivity contribution < 1.29 is 17.9 Å². The van der Waals surface area contributed by atoms with Gasteiger partial charge in [0, 0.05) is 23.5 Å². The smallest absolute Gasteiger partial charge is 0.263 e. The van der Waals surface area contributed by atoms with Gasteiger partial charge in [0.15, 0.2) is 5.11 Å². The number of methoxy groups -OCH3 is 2. The van der Waals surface area contributed by atoms with Crippen LogP contribution in [0.15, 0.2) is 65.8 Å². The topological polar surface area (TPSA) is 114 Å². The zero-order valence-electron chi connectivity index (χ0n) is 16.1. The molecule has 0 radical (unpaired) electrons. The lowest BCUT2D eigenvalue weighted by Crippen LogP contribution is -2.19. The molecule has 0 aliphatic heterocycles. The van der Waals surface area contributed by atoms with Gasteiger partial charge in [0.2, 0.25) is 5.88 Å². The molecule has 1 aromatic heterocycles. The first-order chi connectivity index (χ1) is 14.4. The van der Waals surface area contributed by atoms with Gasteiger partial charge in [-0.2, -0.15) is 0 Å². The van der Waals surface area contributed by atoms with Crippen molar-refractivity contribution in [2.75, 3.05) is 29.6 Å². The molecular formula is C19H19N5O4S2. The average molecular weight is 446 g/mol. The maximum Gasteiger partial charge on any atom is 0.263 e. The van der Waals surface area contributed by atoms with Crippen LogP contribution in [0.3, 0.4) is 0 Å². The summed E-state index contributed by atoms with van der Waals surface area (Å²) in [5.74, 6) is 1.05. The van der Waals surface area contributed by atoms with Crippen LogP contribution in [0.2, 0.25) is 0 Å². The Morgan fingerprint density at radius 3 is 2.37 bits per heavy atom. The average Bonchev–Trinajstić information content (AvgIpc) is 2.74. The zero-order chi connectivity index (χ0) is 21.6. The normalized spacial score (nSPS) is 10.7. The van der Waals surface area contributed by atoms with Gasteiger partial charge in [-0.25, -0.2) is 18.4 Å². The Labute approximate surface area is 179 Å². The third-order valence-electron chi connectivity index (χ3n) is 3.84. The Kier molecular flexibility index (Phi) is 6.65. The lowest BCUT2D eigenvalue weighted by molar-refractivity contribution is 0.397. The van der Waals surface area contributed by atoms with E-state index in [4.69, 9.17) is 21.7 Å². The maximum absolute atomic E-state index is 12.6. The molecule has 0 aliphatic carbocycles. The van der Waals surface area contributed by atoms with E-state index in [1.165, 1.54) is 31.6 Å². The highest BCUT2D eigenvalue weighted by atomic mass is 32.2. The van der Waals surface area contributed by atoms with Crippen LogP contribution < -0.4 is 24.8 Å². The Balaban J connectivity index is 1.65. The fraction of sp³-hybridized carbons (Fsp3) is 0.105. The highest BCUT2D eigenvalue weighted by Gasteiger charge is 2.15. The minimum atomic E-state index is -3.83. The molecule has 0 saturated heterocycles. The number of nitrogens with one attached hydrogen (secondary N) is 3. The van der Waals surface area contributed by atoms with Gasteiger partial charge < -0.3 is 20.1 Å². The van der Waals surface area contributed by atoms with Crippen molar-refractivity contribution in [3.8, 4) is 11.6 Å². The highest BCUT2D eigenvalue weighted by Crippen LogP contribution is 2.20. The highest BCUT2D eigenvalue weighted by molar-refractivity contribution is 7.92. The van der Waals surface area contributed by atoms with Gasteiger partial charge in [-0.3, -0.25) is 4.72 Å². The second kappa shape index (κ2) is 9.37. The van der Waals surface area contributed by atoms with Crippen molar-refractivity contribution in [2.24, 2.45) is 0 Å². The number of thiocarbonyl (C=S) groups is 1. The number of sulfonamides is 1. The van der Waals surface area contributed by atoms with Crippen molar-refractivity contribution in [1.29, 1.82) is 0 Å². The van der Waals surface area contributed by atoms with E-state index in [0.717, 1.165) is 5.69 Å². The van der Waals surface area contributed by atoms with E-state index in [-0.39, 0.29) is 16.6 Å². The number of anilines is 3. The van der Waals surface area contributed by atoms with E-state index in [2.05, 4.69) is 25.3 Å². The minimum Gasteiger partial charge on any atom is -0.497 e. The second-order valence-corrected chi connectivity index (χ2v) is 7.98. The molecule has 0 unspecified atom stereocenters. The van der Waals surface area contributed by atoms with Crippen molar-refractivity contribution in [3.05, 3.63) is 60.9 Å². The van der Waals surface area contributed by atoms with Gasteiger partial charge in [0.05, 0.1) is 19.1 Å². The number of rotatable bonds is 7. The van der Waals surface area contributed by atoms with E-state index in [1.807, 2.05) is 18.2 Å². The first-order valence-corrected chi connectivity index (χ1v) is 10.5. The van der Waals surface area contributed by atoms with E-state index in [0.29, 0.717) is 16.5 Å². The molecular weight excluding hydrogens is 426 g/mol. The molecule has 0 spiro atoms. The quantitative estimate of drug-likeness (QED) is 0.472. The van der Waals surface area contributed by atoms with Crippen LogP contribution in [0.1, 0.15) is 0 Å². The second-order valence-electron chi connectivity index (χ2n) is 5.89. The van der Waals surface area contributed by atoms with Gasteiger partial charge in [-0.1, -0.05) is 6.07 Å². The maximum atomic E-state index is 12.6. The number of hydrogen-bond donors (Lipinski definition) is 3. The Bertz CT molecular complexity index is 1140. The van der Waals surface area contributed by atoms with Crippen LogP contribution in [0.5, 0.6) is 11.6 Å². The number of hydrogen-bond acceptors (Lipinski definition) is 7. The summed E-state index contributed by atoms with van der Waals surface area (Å²) in [5.41, 5.74) is 1.38. The van der Waals surface area contributed by atoms with Crippen LogP contribution in [-0.2, 0) is 10.0 Å². The van der Waals surface area contributed by atoms with Crippen molar-refractivity contribution in [2.45, 2.75) is 4.90 Å². The summed E-state index contributed by atoms with van der Waals surface area (Å²) >= 11 is 5.29. The molecule has 156 valence electrons. The molecule has 11 heteroatoms. The summed E-state index contributed by atoms with van der Waals surface area (Å²) in [7, 11) is -0.811. The number of benzene rings is 2. The predicted octanol–water partition coefficient (Wildman–Crippen LogP) is 3.10. The molecule has 2 aromatic carbocycles. The van der Waals surface area contributed by atoms with E-state index < -0.39 is 10.0 Å². The van der Waals surface area contributed by atoms with Crippen LogP contribution in [0, 0.1) is 0 Å². The van der Waals surface area contributed by atoms with Crippen molar-refractivity contribution in [1.82, 2.24) is 9.97 Å². The molecule has 0 saturated carbocycles. The molecule has 3 N–H and O–H groups in total. The van der Waals surface area contributed by atoms with Crippen LogP contribution >= 0.6 is 12.2 Å². The van der Waals surface area contributed by atoms with Crippen LogP contribution in [0.25, 0.3) is 0 Å². The third kappa shape index (κ3) is 5.55. The van der Waals surface area contributed by atoms with Crippen LogP contribution in [0.4, 0.5) is 17.2 Å². The number of aromatic nitrogens is 2. The zero-order valence-corrected chi connectivity index (χ0v) is 17.8. The minimum absolute atomic E-state index is 0.0669. The first kappa shape index (κ1) is 21.3. The van der Waals surface area contributed by atoms with Crippen molar-refractivity contribution in [3.63, 3.8) is 0 Å². The molecule has 30 heavy (non-hydrogen) atoms. The largest absolute Gasteiger partial charge is 0.497 e. The first-order valence-electron chi connectivity index (χ1n) is 8.60. The molecule has 0 fully saturated rings. The summed E-state index contributed by atoms with van der Waals surface area (Å²) in [6, 6.07) is 14.8.